The maximum absolute atomic E-state index is 8.72. The monoisotopic (exact) mass is 238 g/mol. The van der Waals surface area contributed by atoms with Crippen LogP contribution in [0.5, 0.6) is 5.75 Å². The summed E-state index contributed by atoms with van der Waals surface area (Å²) in [4.78, 5) is 5.50. The van der Waals surface area contributed by atoms with E-state index in [4.69, 9.17) is 20.4 Å². The molecule has 0 saturated heterocycles. The van der Waals surface area contributed by atoms with Gasteiger partial charge in [-0.3, -0.25) is 10.3 Å². The summed E-state index contributed by atoms with van der Waals surface area (Å²) >= 11 is 0. The van der Waals surface area contributed by atoms with Gasteiger partial charge in [-0.15, -0.1) is 0 Å². The summed E-state index contributed by atoms with van der Waals surface area (Å²) in [5.74, 6) is 0.730. The van der Waals surface area contributed by atoms with Crippen LogP contribution in [0.2, 0.25) is 0 Å². The van der Waals surface area contributed by atoms with Crippen molar-refractivity contribution in [2.75, 3.05) is 25.2 Å². The summed E-state index contributed by atoms with van der Waals surface area (Å²) in [6.07, 6.45) is 0.610. The number of para-hydroxylation sites is 1. The zero-order valence-corrected chi connectivity index (χ0v) is 9.90. The molecule has 0 amide bonds. The zero-order chi connectivity index (χ0) is 12.3. The fourth-order valence-electron chi connectivity index (χ4n) is 1.81. The van der Waals surface area contributed by atoms with E-state index in [-0.39, 0.29) is 6.61 Å². The molecule has 0 saturated carbocycles. The fraction of sp³-hybridized carbons (Fsp3) is 0.500. The Balaban J connectivity index is 2.21. The van der Waals surface area contributed by atoms with E-state index < -0.39 is 5.60 Å². The van der Waals surface area contributed by atoms with Crippen LogP contribution in [0.4, 0.5) is 5.69 Å². The molecule has 1 heterocycles. The standard InChI is InChI=1S/C12H18N2O3/c1-12(8-13)9-4-2-5-10(11(9)14-17-12)16-7-3-6-15/h2,4-5,14-15H,3,6-8,13H2,1H3/t12-/m1/s1. The van der Waals surface area contributed by atoms with Crippen molar-refractivity contribution in [2.24, 2.45) is 5.73 Å². The van der Waals surface area contributed by atoms with Crippen LogP contribution in [0.25, 0.3) is 0 Å². The van der Waals surface area contributed by atoms with Gasteiger partial charge in [0.2, 0.25) is 0 Å². The minimum Gasteiger partial charge on any atom is -0.491 e. The normalized spacial score (nSPS) is 22.1. The van der Waals surface area contributed by atoms with E-state index in [1.807, 2.05) is 25.1 Å². The number of nitrogens with two attached hydrogens (primary N) is 1. The summed E-state index contributed by atoms with van der Waals surface area (Å²) < 4.78 is 5.58. The number of aliphatic hydroxyl groups excluding tert-OH is 1. The second-order valence-corrected chi connectivity index (χ2v) is 4.24. The van der Waals surface area contributed by atoms with Gasteiger partial charge < -0.3 is 15.6 Å². The molecular formula is C12H18N2O3. The number of nitrogens with one attached hydrogen (secondary N) is 1. The van der Waals surface area contributed by atoms with E-state index >= 15 is 0 Å². The quantitative estimate of drug-likeness (QED) is 0.667. The molecule has 5 nitrogen and oxygen atoms in total. The smallest absolute Gasteiger partial charge is 0.145 e. The summed E-state index contributed by atoms with van der Waals surface area (Å²) in [5.41, 5.74) is 9.91. The van der Waals surface area contributed by atoms with Crippen molar-refractivity contribution in [2.45, 2.75) is 18.9 Å². The van der Waals surface area contributed by atoms with Gasteiger partial charge in [-0.25, -0.2) is 0 Å². The number of hydrogen-bond acceptors (Lipinski definition) is 5. The molecule has 94 valence electrons. The molecule has 1 atom stereocenters. The number of fused-ring (bicyclic) bond motifs is 1. The van der Waals surface area contributed by atoms with Crippen molar-refractivity contribution in [1.82, 2.24) is 0 Å². The lowest BCUT2D eigenvalue weighted by Crippen LogP contribution is -2.31. The van der Waals surface area contributed by atoms with Gasteiger partial charge in [-0.2, -0.15) is 0 Å². The zero-order valence-electron chi connectivity index (χ0n) is 9.90. The summed E-state index contributed by atoms with van der Waals surface area (Å²) in [7, 11) is 0. The molecule has 0 spiro atoms. The third-order valence-corrected chi connectivity index (χ3v) is 2.92. The second kappa shape index (κ2) is 4.91. The van der Waals surface area contributed by atoms with Crippen LogP contribution in [0, 0.1) is 0 Å². The molecule has 0 aliphatic carbocycles. The van der Waals surface area contributed by atoms with Gasteiger partial charge in [0.05, 0.1) is 6.61 Å². The van der Waals surface area contributed by atoms with Gasteiger partial charge in [-0.1, -0.05) is 12.1 Å². The van der Waals surface area contributed by atoms with E-state index in [0.29, 0.717) is 19.6 Å². The Morgan fingerprint density at radius 3 is 3.06 bits per heavy atom. The van der Waals surface area contributed by atoms with E-state index in [9.17, 15) is 0 Å². The number of rotatable bonds is 5. The molecule has 17 heavy (non-hydrogen) atoms. The SMILES string of the molecule is C[C@]1(CN)ONc2c(OCCCO)cccc21. The second-order valence-electron chi connectivity index (χ2n) is 4.24. The van der Waals surface area contributed by atoms with Crippen molar-refractivity contribution in [3.05, 3.63) is 23.8 Å². The topological polar surface area (TPSA) is 76.7 Å². The van der Waals surface area contributed by atoms with Crippen LogP contribution >= 0.6 is 0 Å². The number of anilines is 1. The number of ether oxygens (including phenoxy) is 1. The van der Waals surface area contributed by atoms with Crippen LogP contribution in [-0.4, -0.2) is 24.9 Å². The maximum atomic E-state index is 8.72. The summed E-state index contributed by atoms with van der Waals surface area (Å²) in [6, 6.07) is 5.76. The minimum atomic E-state index is -0.508. The maximum Gasteiger partial charge on any atom is 0.145 e. The molecule has 1 aromatic rings. The van der Waals surface area contributed by atoms with Crippen LogP contribution < -0.4 is 16.0 Å². The van der Waals surface area contributed by atoms with Gasteiger partial charge >= 0.3 is 0 Å². The van der Waals surface area contributed by atoms with Gasteiger partial charge in [0, 0.05) is 25.1 Å². The molecule has 1 aliphatic heterocycles. The number of hydrogen-bond donors (Lipinski definition) is 3. The van der Waals surface area contributed by atoms with Crippen molar-refractivity contribution in [3.63, 3.8) is 0 Å². The molecule has 4 N–H and O–H groups in total. The summed E-state index contributed by atoms with van der Waals surface area (Å²) in [6.45, 7) is 2.93. The molecular weight excluding hydrogens is 220 g/mol. The highest BCUT2D eigenvalue weighted by atomic mass is 16.7. The Morgan fingerprint density at radius 2 is 2.35 bits per heavy atom. The van der Waals surface area contributed by atoms with Gasteiger partial charge in [0.1, 0.15) is 17.0 Å². The highest BCUT2D eigenvalue weighted by molar-refractivity contribution is 5.65. The van der Waals surface area contributed by atoms with Crippen LogP contribution in [0.15, 0.2) is 18.2 Å². The molecule has 1 aliphatic rings. The van der Waals surface area contributed by atoms with Gasteiger partial charge in [-0.05, 0) is 13.0 Å². The first kappa shape index (κ1) is 12.2. The van der Waals surface area contributed by atoms with E-state index in [1.54, 1.807) is 0 Å². The predicted molar refractivity (Wildman–Crippen MR) is 64.8 cm³/mol. The average Bonchev–Trinajstić information content (AvgIpc) is 2.70. The lowest BCUT2D eigenvalue weighted by molar-refractivity contribution is 0.0278. The first-order chi connectivity index (χ1) is 8.21. The van der Waals surface area contributed by atoms with Crippen LogP contribution in [0.3, 0.4) is 0 Å². The van der Waals surface area contributed by atoms with Crippen molar-refractivity contribution < 1.29 is 14.7 Å². The Hall–Kier alpha value is -1.30. The van der Waals surface area contributed by atoms with Crippen molar-refractivity contribution >= 4 is 5.69 Å². The highest BCUT2D eigenvalue weighted by Gasteiger charge is 2.36. The molecule has 0 unspecified atom stereocenters. The Bertz CT molecular complexity index is 397. The van der Waals surface area contributed by atoms with Crippen molar-refractivity contribution in [3.8, 4) is 5.75 Å². The molecule has 0 radical (unpaired) electrons. The first-order valence-electron chi connectivity index (χ1n) is 5.72. The van der Waals surface area contributed by atoms with E-state index in [1.165, 1.54) is 0 Å². The lowest BCUT2D eigenvalue weighted by atomic mass is 9.95. The lowest BCUT2D eigenvalue weighted by Gasteiger charge is -2.19. The molecule has 0 bridgehead atoms. The highest BCUT2D eigenvalue weighted by Crippen LogP contribution is 2.42. The minimum absolute atomic E-state index is 0.124. The third kappa shape index (κ3) is 2.22. The Labute approximate surface area is 100 Å². The van der Waals surface area contributed by atoms with Crippen LogP contribution in [0.1, 0.15) is 18.9 Å². The Kier molecular flexibility index (Phi) is 3.51. The van der Waals surface area contributed by atoms with Crippen molar-refractivity contribution in [1.29, 1.82) is 0 Å². The fourth-order valence-corrected chi connectivity index (χ4v) is 1.81. The number of aliphatic hydroxyl groups is 1. The predicted octanol–water partition coefficient (Wildman–Crippen LogP) is 0.979. The van der Waals surface area contributed by atoms with E-state index in [2.05, 4.69) is 5.48 Å². The van der Waals surface area contributed by atoms with Gasteiger partial charge in [0.25, 0.3) is 0 Å². The largest absolute Gasteiger partial charge is 0.491 e. The van der Waals surface area contributed by atoms with Gasteiger partial charge in [0.15, 0.2) is 0 Å². The number of benzene rings is 1. The third-order valence-electron chi connectivity index (χ3n) is 2.92. The summed E-state index contributed by atoms with van der Waals surface area (Å²) in [5, 5.41) is 8.72. The molecule has 0 fully saturated rings. The molecule has 0 aromatic heterocycles. The van der Waals surface area contributed by atoms with E-state index in [0.717, 1.165) is 17.0 Å². The molecule has 1 aromatic carbocycles. The Morgan fingerprint density at radius 1 is 1.53 bits per heavy atom. The molecule has 5 heteroatoms. The molecule has 2 rings (SSSR count). The van der Waals surface area contributed by atoms with Crippen LogP contribution in [-0.2, 0) is 10.4 Å². The first-order valence-corrected chi connectivity index (χ1v) is 5.72. The average molecular weight is 238 g/mol.